The summed E-state index contributed by atoms with van der Waals surface area (Å²) in [6, 6.07) is 0. The van der Waals surface area contributed by atoms with Gasteiger partial charge in [0.05, 0.1) is 6.54 Å². The van der Waals surface area contributed by atoms with Crippen LogP contribution in [-0.4, -0.2) is 30.2 Å². The Morgan fingerprint density at radius 2 is 2.31 bits per heavy atom. The van der Waals surface area contributed by atoms with E-state index in [1.807, 2.05) is 6.92 Å². The normalized spacial score (nSPS) is 11.1. The molecule has 76 valence electrons. The number of hydrogen-bond acceptors (Lipinski definition) is 3. The van der Waals surface area contributed by atoms with Crippen LogP contribution in [0.5, 0.6) is 0 Å². The van der Waals surface area contributed by atoms with Gasteiger partial charge >= 0.3 is 0 Å². The third kappa shape index (κ3) is 7.07. The number of rotatable bonds is 5. The second kappa shape index (κ2) is 7.35. The Labute approximate surface area is 77.2 Å². The third-order valence-electron chi connectivity index (χ3n) is 1.31. The van der Waals surface area contributed by atoms with Gasteiger partial charge in [-0.2, -0.15) is 0 Å². The molecule has 0 radical (unpaired) electrons. The highest BCUT2D eigenvalue weighted by Gasteiger charge is 1.97. The van der Waals surface area contributed by atoms with Gasteiger partial charge in [0.25, 0.3) is 0 Å². The van der Waals surface area contributed by atoms with Gasteiger partial charge < -0.3 is 11.1 Å². The molecule has 1 amide bonds. The fourth-order valence-electron chi connectivity index (χ4n) is 0.666. The van der Waals surface area contributed by atoms with E-state index in [0.29, 0.717) is 6.54 Å². The number of guanidine groups is 1. The molecule has 0 fully saturated rings. The molecule has 0 saturated heterocycles. The first-order valence-electron chi connectivity index (χ1n) is 4.17. The van der Waals surface area contributed by atoms with Gasteiger partial charge in [-0.05, 0) is 6.42 Å². The SMILES string of the molecule is CCCNC(=O)CCN=C(N)NO. The van der Waals surface area contributed by atoms with Gasteiger partial charge in [0.2, 0.25) is 11.9 Å². The standard InChI is InChI=1S/C7H16N4O2/c1-2-4-9-6(12)3-5-10-7(8)11-13/h13H,2-5H2,1H3,(H,9,12)(H3,8,10,11). The van der Waals surface area contributed by atoms with Crippen molar-refractivity contribution in [2.24, 2.45) is 10.7 Å². The number of aliphatic imine (C=N–C) groups is 1. The topological polar surface area (TPSA) is 99.7 Å². The average molecular weight is 188 g/mol. The molecule has 5 N–H and O–H groups in total. The smallest absolute Gasteiger partial charge is 0.221 e. The van der Waals surface area contributed by atoms with Crippen molar-refractivity contribution in [3.8, 4) is 0 Å². The minimum absolute atomic E-state index is 0.0589. The van der Waals surface area contributed by atoms with Gasteiger partial charge in [-0.15, -0.1) is 0 Å². The highest BCUT2D eigenvalue weighted by Crippen LogP contribution is 1.82. The van der Waals surface area contributed by atoms with E-state index in [4.69, 9.17) is 10.9 Å². The monoisotopic (exact) mass is 188 g/mol. The lowest BCUT2D eigenvalue weighted by Gasteiger charge is -2.01. The summed E-state index contributed by atoms with van der Waals surface area (Å²) in [5, 5.41) is 10.9. The number of carbonyl (C=O) groups excluding carboxylic acids is 1. The summed E-state index contributed by atoms with van der Waals surface area (Å²) in [7, 11) is 0. The van der Waals surface area contributed by atoms with Crippen LogP contribution in [0, 0.1) is 0 Å². The Bertz CT molecular complexity index is 181. The maximum atomic E-state index is 11.0. The van der Waals surface area contributed by atoms with Crippen molar-refractivity contribution in [3.05, 3.63) is 0 Å². The second-order valence-corrected chi connectivity index (χ2v) is 2.48. The van der Waals surface area contributed by atoms with Gasteiger partial charge in [-0.25, -0.2) is 5.48 Å². The molecule has 13 heavy (non-hydrogen) atoms. The predicted molar refractivity (Wildman–Crippen MR) is 49.3 cm³/mol. The first-order valence-corrected chi connectivity index (χ1v) is 4.17. The Balaban J connectivity index is 3.47. The summed E-state index contributed by atoms with van der Waals surface area (Å²) >= 11 is 0. The number of nitrogens with one attached hydrogen (secondary N) is 2. The zero-order valence-electron chi connectivity index (χ0n) is 7.71. The zero-order valence-corrected chi connectivity index (χ0v) is 7.71. The molecule has 0 aromatic rings. The Morgan fingerprint density at radius 1 is 1.62 bits per heavy atom. The van der Waals surface area contributed by atoms with Crippen LogP contribution in [0.25, 0.3) is 0 Å². The van der Waals surface area contributed by atoms with Crippen LogP contribution in [-0.2, 0) is 4.79 Å². The van der Waals surface area contributed by atoms with Crippen molar-refractivity contribution in [2.45, 2.75) is 19.8 Å². The molecule has 0 aliphatic carbocycles. The largest absolute Gasteiger partial charge is 0.368 e. The van der Waals surface area contributed by atoms with Crippen molar-refractivity contribution in [1.29, 1.82) is 0 Å². The van der Waals surface area contributed by atoms with Crippen LogP contribution < -0.4 is 16.5 Å². The predicted octanol–water partition coefficient (Wildman–Crippen LogP) is -0.804. The van der Waals surface area contributed by atoms with E-state index in [9.17, 15) is 4.79 Å². The highest BCUT2D eigenvalue weighted by atomic mass is 16.5. The van der Waals surface area contributed by atoms with Crippen LogP contribution in [0.15, 0.2) is 4.99 Å². The van der Waals surface area contributed by atoms with Gasteiger partial charge in [-0.1, -0.05) is 6.92 Å². The summed E-state index contributed by atoms with van der Waals surface area (Å²) in [6.07, 6.45) is 1.19. The van der Waals surface area contributed by atoms with Crippen LogP contribution in [0.4, 0.5) is 0 Å². The quantitative estimate of drug-likeness (QED) is 0.258. The maximum absolute atomic E-state index is 11.0. The minimum atomic E-state index is -0.0803. The van der Waals surface area contributed by atoms with Gasteiger partial charge in [0, 0.05) is 13.0 Å². The first kappa shape index (κ1) is 11.7. The molecule has 0 aromatic carbocycles. The van der Waals surface area contributed by atoms with E-state index in [1.54, 1.807) is 5.48 Å². The molecule has 0 rings (SSSR count). The molecule has 0 heterocycles. The summed E-state index contributed by atoms with van der Waals surface area (Å²) in [5.74, 6) is -0.139. The lowest BCUT2D eigenvalue weighted by molar-refractivity contribution is -0.120. The molecule has 0 aliphatic rings. The van der Waals surface area contributed by atoms with E-state index in [0.717, 1.165) is 6.42 Å². The fourth-order valence-corrected chi connectivity index (χ4v) is 0.666. The van der Waals surface area contributed by atoms with Crippen LogP contribution in [0.2, 0.25) is 0 Å². The number of nitrogens with zero attached hydrogens (tertiary/aromatic N) is 1. The number of nitrogens with two attached hydrogens (primary N) is 1. The average Bonchev–Trinajstić information content (AvgIpc) is 2.14. The molecule has 0 unspecified atom stereocenters. The zero-order chi connectivity index (χ0) is 10.1. The Morgan fingerprint density at radius 3 is 2.85 bits per heavy atom. The van der Waals surface area contributed by atoms with Crippen molar-refractivity contribution in [2.75, 3.05) is 13.1 Å². The van der Waals surface area contributed by atoms with Crippen LogP contribution in [0.1, 0.15) is 19.8 Å². The van der Waals surface area contributed by atoms with E-state index in [1.165, 1.54) is 0 Å². The third-order valence-corrected chi connectivity index (χ3v) is 1.31. The molecular weight excluding hydrogens is 172 g/mol. The van der Waals surface area contributed by atoms with E-state index < -0.39 is 0 Å². The summed E-state index contributed by atoms with van der Waals surface area (Å²) in [6.45, 7) is 2.93. The molecule has 0 aromatic heterocycles. The first-order chi connectivity index (χ1) is 6.20. The summed E-state index contributed by atoms with van der Waals surface area (Å²) < 4.78 is 0. The minimum Gasteiger partial charge on any atom is -0.368 e. The van der Waals surface area contributed by atoms with Crippen molar-refractivity contribution in [1.82, 2.24) is 10.8 Å². The van der Waals surface area contributed by atoms with E-state index in [-0.39, 0.29) is 24.8 Å². The maximum Gasteiger partial charge on any atom is 0.221 e. The molecular formula is C7H16N4O2. The van der Waals surface area contributed by atoms with Crippen LogP contribution >= 0.6 is 0 Å². The molecule has 0 aliphatic heterocycles. The van der Waals surface area contributed by atoms with Crippen molar-refractivity contribution < 1.29 is 10.0 Å². The lowest BCUT2D eigenvalue weighted by atomic mass is 10.4. The van der Waals surface area contributed by atoms with Crippen LogP contribution in [0.3, 0.4) is 0 Å². The van der Waals surface area contributed by atoms with E-state index in [2.05, 4.69) is 10.3 Å². The van der Waals surface area contributed by atoms with Crippen molar-refractivity contribution in [3.63, 3.8) is 0 Å². The van der Waals surface area contributed by atoms with E-state index >= 15 is 0 Å². The molecule has 0 atom stereocenters. The molecule has 0 spiro atoms. The summed E-state index contributed by atoms with van der Waals surface area (Å²) in [5.41, 5.74) is 6.79. The van der Waals surface area contributed by atoms with Gasteiger partial charge in [0.15, 0.2) is 0 Å². The Hall–Kier alpha value is -1.30. The second-order valence-electron chi connectivity index (χ2n) is 2.48. The molecule has 6 nitrogen and oxygen atoms in total. The highest BCUT2D eigenvalue weighted by molar-refractivity contribution is 5.78. The summed E-state index contributed by atoms with van der Waals surface area (Å²) in [4.78, 5) is 14.6. The van der Waals surface area contributed by atoms with Crippen molar-refractivity contribution >= 4 is 11.9 Å². The lowest BCUT2D eigenvalue weighted by Crippen LogP contribution is -2.29. The number of hydroxylamine groups is 1. The number of amides is 1. The number of carbonyl (C=O) groups is 1. The molecule has 0 saturated carbocycles. The molecule has 0 bridgehead atoms. The van der Waals surface area contributed by atoms with Gasteiger partial charge in [-0.3, -0.25) is 15.0 Å². The molecule has 6 heteroatoms. The van der Waals surface area contributed by atoms with Gasteiger partial charge in [0.1, 0.15) is 0 Å². The fraction of sp³-hybridized carbons (Fsp3) is 0.714. The number of hydrogen-bond donors (Lipinski definition) is 4. The Kier molecular flexibility index (Phi) is 6.62.